The number of hydrogen-bond donors (Lipinski definition) is 4. The second-order valence-electron chi connectivity index (χ2n) is 3.91. The van der Waals surface area contributed by atoms with E-state index in [-0.39, 0.29) is 0 Å². The highest BCUT2D eigenvalue weighted by Gasteiger charge is 2.34. The number of nitrogens with one attached hydrogen (secondary N) is 2. The second kappa shape index (κ2) is 3.59. The third kappa shape index (κ3) is 1.73. The van der Waals surface area contributed by atoms with Crippen LogP contribution in [0.15, 0.2) is 17.3 Å². The molecule has 6 N–H and O–H groups in total. The lowest BCUT2D eigenvalue weighted by Crippen LogP contribution is -2.53. The zero-order valence-corrected chi connectivity index (χ0v) is 8.16. The molecule has 0 aromatic rings. The van der Waals surface area contributed by atoms with E-state index in [9.17, 15) is 0 Å². The maximum atomic E-state index is 6.19. The maximum absolute atomic E-state index is 6.19. The molecule has 1 saturated heterocycles. The van der Waals surface area contributed by atoms with Gasteiger partial charge in [0.25, 0.3) is 0 Å². The standard InChI is InChI=1S/C9H17N5/c10-8-13-5-3-9(11,14-8)7-2-1-4-12-6-7/h3,5,7,12H,1-2,4,6,11H2,(H3,10,13,14). The third-order valence-electron chi connectivity index (χ3n) is 2.85. The highest BCUT2D eigenvalue weighted by atomic mass is 15.2. The Morgan fingerprint density at radius 3 is 3.07 bits per heavy atom. The Bertz CT molecular complexity index is 266. The number of guanidine groups is 1. The van der Waals surface area contributed by atoms with Crippen molar-refractivity contribution in [2.24, 2.45) is 22.4 Å². The summed E-state index contributed by atoms with van der Waals surface area (Å²) in [7, 11) is 0. The fourth-order valence-electron chi connectivity index (χ4n) is 2.01. The zero-order valence-electron chi connectivity index (χ0n) is 8.16. The van der Waals surface area contributed by atoms with Gasteiger partial charge in [-0.1, -0.05) is 0 Å². The van der Waals surface area contributed by atoms with Crippen LogP contribution in [-0.2, 0) is 0 Å². The van der Waals surface area contributed by atoms with Gasteiger partial charge in [0.05, 0.1) is 0 Å². The number of nitrogens with two attached hydrogens (primary N) is 2. The van der Waals surface area contributed by atoms with Gasteiger partial charge in [-0.25, -0.2) is 4.99 Å². The van der Waals surface area contributed by atoms with E-state index in [0.717, 1.165) is 25.9 Å². The highest BCUT2D eigenvalue weighted by Crippen LogP contribution is 2.25. The van der Waals surface area contributed by atoms with Crippen molar-refractivity contribution < 1.29 is 0 Å². The first-order valence-electron chi connectivity index (χ1n) is 5.00. The minimum Gasteiger partial charge on any atom is -0.370 e. The van der Waals surface area contributed by atoms with Gasteiger partial charge in [-0.05, 0) is 25.5 Å². The molecule has 2 aliphatic rings. The van der Waals surface area contributed by atoms with Gasteiger partial charge in [-0.3, -0.25) is 0 Å². The number of nitrogens with zero attached hydrogens (tertiary/aromatic N) is 1. The molecule has 2 atom stereocenters. The molecule has 2 rings (SSSR count). The minimum atomic E-state index is -0.622. The van der Waals surface area contributed by atoms with E-state index in [2.05, 4.69) is 15.6 Å². The molecule has 14 heavy (non-hydrogen) atoms. The van der Waals surface area contributed by atoms with Crippen LogP contribution >= 0.6 is 0 Å². The van der Waals surface area contributed by atoms with Gasteiger partial charge in [0.15, 0.2) is 5.96 Å². The summed E-state index contributed by atoms with van der Waals surface area (Å²) in [6, 6.07) is 0. The predicted octanol–water partition coefficient (Wildman–Crippen LogP) is -0.927. The molecular formula is C9H17N5. The molecule has 0 saturated carbocycles. The van der Waals surface area contributed by atoms with Crippen molar-refractivity contribution >= 4 is 5.96 Å². The van der Waals surface area contributed by atoms with Crippen LogP contribution in [0.5, 0.6) is 0 Å². The fourth-order valence-corrected chi connectivity index (χ4v) is 2.01. The lowest BCUT2D eigenvalue weighted by molar-refractivity contribution is 0.269. The molecule has 0 aromatic carbocycles. The average Bonchev–Trinajstić information content (AvgIpc) is 2.19. The van der Waals surface area contributed by atoms with E-state index < -0.39 is 5.66 Å². The summed E-state index contributed by atoms with van der Waals surface area (Å²) in [5.41, 5.74) is 11.2. The molecule has 0 bridgehead atoms. The Balaban J connectivity index is 2.13. The van der Waals surface area contributed by atoms with Crippen molar-refractivity contribution in [3.63, 3.8) is 0 Å². The smallest absolute Gasteiger partial charge is 0.194 e. The summed E-state index contributed by atoms with van der Waals surface area (Å²) >= 11 is 0. The van der Waals surface area contributed by atoms with Gasteiger partial charge >= 0.3 is 0 Å². The molecule has 0 aliphatic carbocycles. The molecule has 5 nitrogen and oxygen atoms in total. The highest BCUT2D eigenvalue weighted by molar-refractivity contribution is 5.80. The lowest BCUT2D eigenvalue weighted by atomic mass is 9.86. The Kier molecular flexibility index (Phi) is 2.43. The Morgan fingerprint density at radius 1 is 1.57 bits per heavy atom. The van der Waals surface area contributed by atoms with Crippen molar-refractivity contribution in [3.8, 4) is 0 Å². The number of aliphatic imine (C=N–C) groups is 1. The summed E-state index contributed by atoms with van der Waals surface area (Å²) in [6.45, 7) is 1.99. The molecule has 5 heteroatoms. The molecule has 78 valence electrons. The first-order chi connectivity index (χ1) is 6.71. The largest absolute Gasteiger partial charge is 0.370 e. The SMILES string of the molecule is NC1=NC(N)(C2CCCNC2)C=CN1. The minimum absolute atomic E-state index is 0.341. The van der Waals surface area contributed by atoms with E-state index in [0.29, 0.717) is 11.9 Å². The summed E-state index contributed by atoms with van der Waals surface area (Å²) < 4.78 is 0. The predicted molar refractivity (Wildman–Crippen MR) is 56.4 cm³/mol. The molecular weight excluding hydrogens is 178 g/mol. The molecule has 2 aliphatic heterocycles. The van der Waals surface area contributed by atoms with Crippen molar-refractivity contribution in [1.82, 2.24) is 10.6 Å². The summed E-state index contributed by atoms with van der Waals surface area (Å²) in [5.74, 6) is 0.744. The van der Waals surface area contributed by atoms with Gasteiger partial charge in [-0.2, -0.15) is 0 Å². The van der Waals surface area contributed by atoms with Crippen LogP contribution in [0, 0.1) is 5.92 Å². The van der Waals surface area contributed by atoms with Crippen molar-refractivity contribution in [3.05, 3.63) is 12.3 Å². The molecule has 0 aromatic heterocycles. The van der Waals surface area contributed by atoms with E-state index in [1.807, 2.05) is 6.08 Å². The topological polar surface area (TPSA) is 88.5 Å². The van der Waals surface area contributed by atoms with Crippen molar-refractivity contribution in [1.29, 1.82) is 0 Å². The van der Waals surface area contributed by atoms with Gasteiger partial charge in [0.1, 0.15) is 5.66 Å². The van der Waals surface area contributed by atoms with Crippen molar-refractivity contribution in [2.45, 2.75) is 18.5 Å². The molecule has 0 radical (unpaired) electrons. The zero-order chi connectivity index (χ0) is 10.0. The van der Waals surface area contributed by atoms with Crippen LogP contribution in [-0.4, -0.2) is 24.7 Å². The van der Waals surface area contributed by atoms with Gasteiger partial charge in [0, 0.05) is 18.7 Å². The van der Waals surface area contributed by atoms with Crippen LogP contribution in [0.3, 0.4) is 0 Å². The van der Waals surface area contributed by atoms with Crippen LogP contribution in [0.4, 0.5) is 0 Å². The van der Waals surface area contributed by atoms with Crippen LogP contribution in [0.25, 0.3) is 0 Å². The van der Waals surface area contributed by atoms with Gasteiger partial charge < -0.3 is 22.1 Å². The molecule has 1 fully saturated rings. The first-order valence-corrected chi connectivity index (χ1v) is 5.00. The number of rotatable bonds is 1. The molecule has 0 amide bonds. The summed E-state index contributed by atoms with van der Waals surface area (Å²) in [4.78, 5) is 4.27. The second-order valence-corrected chi connectivity index (χ2v) is 3.91. The number of piperidine rings is 1. The lowest BCUT2D eigenvalue weighted by Gasteiger charge is -2.36. The van der Waals surface area contributed by atoms with Crippen LogP contribution in [0.1, 0.15) is 12.8 Å². The van der Waals surface area contributed by atoms with Gasteiger partial charge in [0.2, 0.25) is 0 Å². The normalized spacial score (nSPS) is 37.5. The van der Waals surface area contributed by atoms with E-state index in [1.54, 1.807) is 6.20 Å². The Labute approximate surface area is 83.6 Å². The molecule has 0 spiro atoms. The Morgan fingerprint density at radius 2 is 2.43 bits per heavy atom. The monoisotopic (exact) mass is 195 g/mol. The summed E-state index contributed by atoms with van der Waals surface area (Å²) in [6.07, 6.45) is 5.92. The van der Waals surface area contributed by atoms with Crippen molar-refractivity contribution in [2.75, 3.05) is 13.1 Å². The molecule has 2 heterocycles. The van der Waals surface area contributed by atoms with E-state index in [4.69, 9.17) is 11.5 Å². The first kappa shape index (κ1) is 9.48. The van der Waals surface area contributed by atoms with Crippen LogP contribution < -0.4 is 22.1 Å². The maximum Gasteiger partial charge on any atom is 0.194 e. The summed E-state index contributed by atoms with van der Waals surface area (Å²) in [5, 5.41) is 6.15. The number of hydrogen-bond acceptors (Lipinski definition) is 5. The third-order valence-corrected chi connectivity index (χ3v) is 2.85. The average molecular weight is 195 g/mol. The molecule has 2 unspecified atom stereocenters. The van der Waals surface area contributed by atoms with E-state index >= 15 is 0 Å². The van der Waals surface area contributed by atoms with Gasteiger partial charge in [-0.15, -0.1) is 0 Å². The quantitative estimate of drug-likeness (QED) is 0.435. The van der Waals surface area contributed by atoms with Crippen LogP contribution in [0.2, 0.25) is 0 Å². The van der Waals surface area contributed by atoms with E-state index in [1.165, 1.54) is 0 Å². The Hall–Kier alpha value is -1.07. The fraction of sp³-hybridized carbons (Fsp3) is 0.667.